The summed E-state index contributed by atoms with van der Waals surface area (Å²) in [6.07, 6.45) is 5.07. The predicted octanol–water partition coefficient (Wildman–Crippen LogP) is 3.32. The van der Waals surface area contributed by atoms with Gasteiger partial charge in [-0.25, -0.2) is 0 Å². The van der Waals surface area contributed by atoms with Crippen LogP contribution in [0.3, 0.4) is 0 Å². The predicted molar refractivity (Wildman–Crippen MR) is 118 cm³/mol. The van der Waals surface area contributed by atoms with Gasteiger partial charge in [0.1, 0.15) is 0 Å². The number of nitrogens with one attached hydrogen (secondary N) is 1. The van der Waals surface area contributed by atoms with Gasteiger partial charge in [0.2, 0.25) is 5.56 Å². The molecule has 2 heterocycles. The molecule has 1 unspecified atom stereocenters. The average Bonchev–Trinajstić information content (AvgIpc) is 3.20. The molecular weight excluding hydrogens is 368 g/mol. The summed E-state index contributed by atoms with van der Waals surface area (Å²) in [6, 6.07) is 15.9. The van der Waals surface area contributed by atoms with Crippen molar-refractivity contribution in [2.45, 2.75) is 30.7 Å². The number of unbranched alkanes of at least 4 members (excludes halogenated alkanes) is 1. The molecule has 1 atom stereocenters. The summed E-state index contributed by atoms with van der Waals surface area (Å²) < 4.78 is 1.77. The van der Waals surface area contributed by atoms with Crippen LogP contribution in [0.25, 0.3) is 0 Å². The van der Waals surface area contributed by atoms with Gasteiger partial charge in [0.25, 0.3) is 0 Å². The second kappa shape index (κ2) is 11.0. The molecule has 0 saturated carbocycles. The number of hydrogen-bond donors (Lipinski definition) is 1. The van der Waals surface area contributed by atoms with Crippen molar-refractivity contribution in [2.24, 2.45) is 10.9 Å². The number of benzene rings is 1. The van der Waals surface area contributed by atoms with E-state index in [0.29, 0.717) is 5.92 Å². The summed E-state index contributed by atoms with van der Waals surface area (Å²) >= 11 is 1.95. The van der Waals surface area contributed by atoms with Crippen LogP contribution in [0.4, 0.5) is 0 Å². The number of likely N-dealkylation sites (tertiary alicyclic amines) is 1. The number of thioether (sulfide) groups is 1. The highest BCUT2D eigenvalue weighted by molar-refractivity contribution is 7.99. The third-order valence-corrected chi connectivity index (χ3v) is 6.28. The van der Waals surface area contributed by atoms with Crippen LogP contribution in [0, 0.1) is 5.92 Å². The molecule has 0 radical (unpaired) electrons. The molecule has 0 bridgehead atoms. The zero-order chi connectivity index (χ0) is 19.6. The molecule has 5 nitrogen and oxygen atoms in total. The van der Waals surface area contributed by atoms with Crippen molar-refractivity contribution in [3.05, 3.63) is 65.1 Å². The molecule has 150 valence electrons. The van der Waals surface area contributed by atoms with Gasteiger partial charge >= 0.3 is 0 Å². The fraction of sp³-hybridized carbons (Fsp3) is 0.455. The van der Waals surface area contributed by atoms with E-state index in [0.717, 1.165) is 50.7 Å². The number of nitrogens with zero attached hydrogens (tertiary/aromatic N) is 3. The zero-order valence-corrected chi connectivity index (χ0v) is 17.4. The maximum Gasteiger partial charge on any atom is 0.250 e. The average molecular weight is 399 g/mol. The third-order valence-electron chi connectivity index (χ3n) is 5.03. The van der Waals surface area contributed by atoms with Crippen molar-refractivity contribution in [3.63, 3.8) is 0 Å². The Balaban J connectivity index is 1.35. The summed E-state index contributed by atoms with van der Waals surface area (Å²) in [5, 5.41) is 3.49. The minimum Gasteiger partial charge on any atom is -0.356 e. The van der Waals surface area contributed by atoms with Gasteiger partial charge in [-0.3, -0.25) is 9.79 Å². The number of hydrogen-bond acceptors (Lipinski definition) is 3. The minimum absolute atomic E-state index is 0.0720. The largest absolute Gasteiger partial charge is 0.356 e. The Hall–Kier alpha value is -2.21. The Kier molecular flexibility index (Phi) is 8.03. The van der Waals surface area contributed by atoms with Crippen LogP contribution in [-0.2, 0) is 6.54 Å². The lowest BCUT2D eigenvalue weighted by atomic mass is 10.2. The second-order valence-corrected chi connectivity index (χ2v) is 8.23. The molecule has 6 heteroatoms. The minimum atomic E-state index is 0.0720. The van der Waals surface area contributed by atoms with E-state index in [9.17, 15) is 4.79 Å². The van der Waals surface area contributed by atoms with Crippen LogP contribution in [0.1, 0.15) is 19.3 Å². The van der Waals surface area contributed by atoms with Crippen molar-refractivity contribution >= 4 is 17.7 Å². The van der Waals surface area contributed by atoms with Crippen LogP contribution in [0.2, 0.25) is 0 Å². The van der Waals surface area contributed by atoms with Gasteiger partial charge in [0.05, 0.1) is 0 Å². The van der Waals surface area contributed by atoms with E-state index in [1.807, 2.05) is 31.1 Å². The molecule has 1 aliphatic heterocycles. The first-order valence-electron chi connectivity index (χ1n) is 10.0. The second-order valence-electron chi connectivity index (χ2n) is 7.14. The fourth-order valence-electron chi connectivity index (χ4n) is 3.48. The van der Waals surface area contributed by atoms with Crippen molar-refractivity contribution in [1.29, 1.82) is 0 Å². The fourth-order valence-corrected chi connectivity index (χ4v) is 4.53. The lowest BCUT2D eigenvalue weighted by Gasteiger charge is -2.21. The van der Waals surface area contributed by atoms with Gasteiger partial charge in [-0.15, -0.1) is 11.8 Å². The Labute approximate surface area is 171 Å². The van der Waals surface area contributed by atoms with E-state index in [1.54, 1.807) is 16.7 Å². The highest BCUT2D eigenvalue weighted by atomic mass is 32.2. The summed E-state index contributed by atoms with van der Waals surface area (Å²) in [5.74, 6) is 2.86. The van der Waals surface area contributed by atoms with Gasteiger partial charge in [0.15, 0.2) is 5.96 Å². The molecule has 1 aliphatic rings. The first kappa shape index (κ1) is 20.5. The smallest absolute Gasteiger partial charge is 0.250 e. The van der Waals surface area contributed by atoms with Crippen molar-refractivity contribution in [3.8, 4) is 0 Å². The topological polar surface area (TPSA) is 49.6 Å². The Morgan fingerprint density at radius 3 is 2.79 bits per heavy atom. The van der Waals surface area contributed by atoms with Crippen LogP contribution in [0.15, 0.2) is 69.4 Å². The summed E-state index contributed by atoms with van der Waals surface area (Å²) in [5.41, 5.74) is 0.0720. The lowest BCUT2D eigenvalue weighted by molar-refractivity contribution is 0.471. The summed E-state index contributed by atoms with van der Waals surface area (Å²) in [4.78, 5) is 19.9. The van der Waals surface area contributed by atoms with E-state index >= 15 is 0 Å². The summed E-state index contributed by atoms with van der Waals surface area (Å²) in [7, 11) is 1.86. The highest BCUT2D eigenvalue weighted by Gasteiger charge is 2.24. The number of rotatable bonds is 8. The molecule has 3 rings (SSSR count). The Bertz CT molecular complexity index is 805. The van der Waals surface area contributed by atoms with E-state index in [2.05, 4.69) is 45.5 Å². The SMILES string of the molecule is CN=C(NCCCCn1ccccc1=O)N1CCC(CSc2ccccc2)C1. The monoisotopic (exact) mass is 398 g/mol. The number of aromatic nitrogens is 1. The summed E-state index contributed by atoms with van der Waals surface area (Å²) in [6.45, 7) is 3.79. The van der Waals surface area contributed by atoms with Crippen molar-refractivity contribution in [2.75, 3.05) is 32.4 Å². The molecule has 0 amide bonds. The molecule has 1 fully saturated rings. The molecule has 2 aromatic rings. The molecule has 28 heavy (non-hydrogen) atoms. The number of pyridine rings is 1. The number of guanidine groups is 1. The van der Waals surface area contributed by atoms with Crippen LogP contribution in [-0.4, -0.2) is 47.9 Å². The molecule has 1 N–H and O–H groups in total. The van der Waals surface area contributed by atoms with Crippen molar-refractivity contribution in [1.82, 2.24) is 14.8 Å². The van der Waals surface area contributed by atoms with E-state index in [4.69, 9.17) is 0 Å². The molecule has 1 aromatic carbocycles. The highest BCUT2D eigenvalue weighted by Crippen LogP contribution is 2.25. The zero-order valence-electron chi connectivity index (χ0n) is 16.6. The number of aliphatic imine (C=N–C) groups is 1. The van der Waals surface area contributed by atoms with Gasteiger partial charge < -0.3 is 14.8 Å². The van der Waals surface area contributed by atoms with Gasteiger partial charge in [0, 0.05) is 56.1 Å². The van der Waals surface area contributed by atoms with Gasteiger partial charge in [-0.2, -0.15) is 0 Å². The van der Waals surface area contributed by atoms with Gasteiger partial charge in [-0.05, 0) is 43.4 Å². The van der Waals surface area contributed by atoms with E-state index < -0.39 is 0 Å². The molecular formula is C22H30N4OS. The molecule has 0 aliphatic carbocycles. The number of aryl methyl sites for hydroxylation is 1. The molecule has 1 saturated heterocycles. The Morgan fingerprint density at radius 2 is 2.00 bits per heavy atom. The first-order chi connectivity index (χ1) is 13.8. The van der Waals surface area contributed by atoms with Crippen LogP contribution < -0.4 is 10.9 Å². The third kappa shape index (κ3) is 6.16. The maximum atomic E-state index is 11.7. The van der Waals surface area contributed by atoms with E-state index in [-0.39, 0.29) is 5.56 Å². The maximum absolute atomic E-state index is 11.7. The van der Waals surface area contributed by atoms with Crippen molar-refractivity contribution < 1.29 is 0 Å². The van der Waals surface area contributed by atoms with Crippen LogP contribution >= 0.6 is 11.8 Å². The van der Waals surface area contributed by atoms with Crippen LogP contribution in [0.5, 0.6) is 0 Å². The molecule has 0 spiro atoms. The quantitative estimate of drug-likeness (QED) is 0.321. The van der Waals surface area contributed by atoms with Gasteiger partial charge in [-0.1, -0.05) is 24.3 Å². The molecule has 1 aromatic heterocycles. The first-order valence-corrected chi connectivity index (χ1v) is 11.0. The standard InChI is InChI=1S/C22H30N4OS/c1-23-22(24-13-6-8-15-25-14-7-5-11-21(25)27)26-16-12-19(17-26)18-28-20-9-3-2-4-10-20/h2-5,7,9-11,14,19H,6,8,12-13,15-18H2,1H3,(H,23,24). The Morgan fingerprint density at radius 1 is 1.18 bits per heavy atom. The lowest BCUT2D eigenvalue weighted by Crippen LogP contribution is -2.40. The normalized spacial score (nSPS) is 17.1. The van der Waals surface area contributed by atoms with E-state index in [1.165, 1.54) is 11.3 Å².